The smallest absolute Gasteiger partial charge is 0.166 e. The predicted octanol–water partition coefficient (Wildman–Crippen LogP) is 0.513. The van der Waals surface area contributed by atoms with Gasteiger partial charge >= 0.3 is 0 Å². The fourth-order valence-corrected chi connectivity index (χ4v) is 1.36. The molecule has 1 rings (SSSR count). The van der Waals surface area contributed by atoms with Crippen molar-refractivity contribution in [3.63, 3.8) is 0 Å². The van der Waals surface area contributed by atoms with Crippen LogP contribution in [0, 0.1) is 0 Å². The first-order valence-electron chi connectivity index (χ1n) is 5.28. The highest BCUT2D eigenvalue weighted by Crippen LogP contribution is 1.96. The molecule has 5 nitrogen and oxygen atoms in total. The molecule has 0 aliphatic rings. The molecule has 0 aliphatic carbocycles. The van der Waals surface area contributed by atoms with Crippen molar-refractivity contribution in [3.05, 3.63) is 18.0 Å². The summed E-state index contributed by atoms with van der Waals surface area (Å²) < 4.78 is 6.80. The molecule has 0 amide bonds. The van der Waals surface area contributed by atoms with E-state index >= 15 is 0 Å². The molecule has 0 fully saturated rings. The average molecular weight is 242 g/mol. The van der Waals surface area contributed by atoms with Gasteiger partial charge in [0, 0.05) is 38.5 Å². The lowest BCUT2D eigenvalue weighted by Gasteiger charge is -2.08. The van der Waals surface area contributed by atoms with Gasteiger partial charge in [0.2, 0.25) is 0 Å². The highest BCUT2D eigenvalue weighted by molar-refractivity contribution is 7.80. The molecule has 2 N–H and O–H groups in total. The van der Waals surface area contributed by atoms with Gasteiger partial charge in [0.15, 0.2) is 5.11 Å². The molecule has 16 heavy (non-hydrogen) atoms. The molecule has 0 atom stereocenters. The molecule has 1 aromatic rings. The minimum atomic E-state index is 0.640. The summed E-state index contributed by atoms with van der Waals surface area (Å²) in [6.45, 7) is 5.00. The zero-order valence-corrected chi connectivity index (χ0v) is 10.5. The average Bonchev–Trinajstić information content (AvgIpc) is 2.74. The predicted molar refractivity (Wildman–Crippen MR) is 67.2 cm³/mol. The van der Waals surface area contributed by atoms with E-state index in [-0.39, 0.29) is 0 Å². The van der Waals surface area contributed by atoms with Crippen molar-refractivity contribution in [1.29, 1.82) is 0 Å². The van der Waals surface area contributed by atoms with Gasteiger partial charge in [-0.2, -0.15) is 5.10 Å². The van der Waals surface area contributed by atoms with Crippen molar-refractivity contribution in [1.82, 2.24) is 20.4 Å². The van der Waals surface area contributed by atoms with Gasteiger partial charge in [-0.25, -0.2) is 0 Å². The number of aryl methyl sites for hydroxylation is 1. The quantitative estimate of drug-likeness (QED) is 0.562. The van der Waals surface area contributed by atoms with E-state index in [0.29, 0.717) is 18.3 Å². The monoisotopic (exact) mass is 242 g/mol. The molecule has 90 valence electrons. The molecule has 0 bridgehead atoms. The summed E-state index contributed by atoms with van der Waals surface area (Å²) in [7, 11) is 1.66. The number of nitrogens with zero attached hydrogens (tertiary/aromatic N) is 2. The Morgan fingerprint density at radius 1 is 1.56 bits per heavy atom. The van der Waals surface area contributed by atoms with E-state index in [2.05, 4.69) is 22.7 Å². The van der Waals surface area contributed by atoms with Crippen LogP contribution in [0.15, 0.2) is 12.4 Å². The van der Waals surface area contributed by atoms with Gasteiger partial charge in [-0.3, -0.25) is 4.68 Å². The van der Waals surface area contributed by atoms with Crippen molar-refractivity contribution >= 4 is 17.3 Å². The molecular weight excluding hydrogens is 224 g/mol. The third-order valence-electron chi connectivity index (χ3n) is 2.06. The molecule has 6 heteroatoms. The van der Waals surface area contributed by atoms with Crippen LogP contribution in [0.2, 0.25) is 0 Å². The molecule has 1 aromatic heterocycles. The van der Waals surface area contributed by atoms with Crippen LogP contribution < -0.4 is 10.6 Å². The molecule has 0 saturated carbocycles. The highest BCUT2D eigenvalue weighted by atomic mass is 32.1. The number of thiocarbonyl (C=S) groups is 1. The summed E-state index contributed by atoms with van der Waals surface area (Å²) in [5, 5.41) is 11.0. The second-order valence-corrected chi connectivity index (χ2v) is 3.71. The molecule has 1 heterocycles. The number of ether oxygens (including phenoxy) is 1. The van der Waals surface area contributed by atoms with Crippen molar-refractivity contribution in [2.75, 3.05) is 20.3 Å². The van der Waals surface area contributed by atoms with Gasteiger partial charge in [-0.15, -0.1) is 0 Å². The standard InChI is InChI=1S/C10H18N4OS/c1-3-14-8-9(7-13-14)6-12-10(16)11-4-5-15-2/h7-8H,3-6H2,1-2H3,(H2,11,12,16). The van der Waals surface area contributed by atoms with Crippen LogP contribution in [0.4, 0.5) is 0 Å². The van der Waals surface area contributed by atoms with Gasteiger partial charge in [0.1, 0.15) is 0 Å². The number of hydrogen-bond acceptors (Lipinski definition) is 3. The van der Waals surface area contributed by atoms with Crippen LogP contribution in [-0.4, -0.2) is 35.2 Å². The Bertz CT molecular complexity index is 326. The van der Waals surface area contributed by atoms with E-state index in [1.165, 1.54) is 0 Å². The zero-order chi connectivity index (χ0) is 11.8. The number of nitrogens with one attached hydrogen (secondary N) is 2. The van der Waals surface area contributed by atoms with Crippen molar-refractivity contribution < 1.29 is 4.74 Å². The maximum atomic E-state index is 5.10. The third-order valence-corrected chi connectivity index (χ3v) is 2.34. The minimum Gasteiger partial charge on any atom is -0.383 e. The molecule has 0 saturated heterocycles. The largest absolute Gasteiger partial charge is 0.383 e. The molecular formula is C10H18N4OS. The summed E-state index contributed by atoms with van der Waals surface area (Å²) in [5.74, 6) is 0. The van der Waals surface area contributed by atoms with E-state index in [9.17, 15) is 0 Å². The fraction of sp³-hybridized carbons (Fsp3) is 0.600. The summed E-state index contributed by atoms with van der Waals surface area (Å²) in [6, 6.07) is 0. The Morgan fingerprint density at radius 2 is 2.38 bits per heavy atom. The highest BCUT2D eigenvalue weighted by Gasteiger charge is 1.98. The Labute approximate surface area is 101 Å². The molecule has 0 aromatic carbocycles. The Hall–Kier alpha value is -1.14. The maximum Gasteiger partial charge on any atom is 0.166 e. The Morgan fingerprint density at radius 3 is 3.00 bits per heavy atom. The topological polar surface area (TPSA) is 51.1 Å². The van der Waals surface area contributed by atoms with Crippen LogP contribution in [0.5, 0.6) is 0 Å². The van der Waals surface area contributed by atoms with Gasteiger partial charge in [0.25, 0.3) is 0 Å². The third kappa shape index (κ3) is 4.59. The SMILES string of the molecule is CCn1cc(CNC(=S)NCCOC)cn1. The lowest BCUT2D eigenvalue weighted by molar-refractivity contribution is 0.204. The fourth-order valence-electron chi connectivity index (χ4n) is 1.18. The van der Waals surface area contributed by atoms with Crippen LogP contribution in [0.25, 0.3) is 0 Å². The molecule has 0 aliphatic heterocycles. The van der Waals surface area contributed by atoms with E-state index in [1.54, 1.807) is 7.11 Å². The number of methoxy groups -OCH3 is 1. The van der Waals surface area contributed by atoms with Gasteiger partial charge < -0.3 is 15.4 Å². The molecule has 0 spiro atoms. The van der Waals surface area contributed by atoms with E-state index in [0.717, 1.165) is 18.7 Å². The maximum absolute atomic E-state index is 5.10. The van der Waals surface area contributed by atoms with Crippen LogP contribution in [-0.2, 0) is 17.8 Å². The first-order valence-corrected chi connectivity index (χ1v) is 5.69. The summed E-state index contributed by atoms with van der Waals surface area (Å²) >= 11 is 5.10. The summed E-state index contributed by atoms with van der Waals surface area (Å²) in [5.41, 5.74) is 1.12. The Balaban J connectivity index is 2.20. The van der Waals surface area contributed by atoms with Crippen LogP contribution in [0.3, 0.4) is 0 Å². The minimum absolute atomic E-state index is 0.640. The number of aromatic nitrogens is 2. The zero-order valence-electron chi connectivity index (χ0n) is 9.69. The van der Waals surface area contributed by atoms with E-state index in [1.807, 2.05) is 17.1 Å². The molecule has 0 unspecified atom stereocenters. The first kappa shape index (κ1) is 12.9. The van der Waals surface area contributed by atoms with Gasteiger partial charge in [-0.1, -0.05) is 0 Å². The summed E-state index contributed by atoms with van der Waals surface area (Å²) in [4.78, 5) is 0. The summed E-state index contributed by atoms with van der Waals surface area (Å²) in [6.07, 6.45) is 3.85. The van der Waals surface area contributed by atoms with Gasteiger partial charge in [-0.05, 0) is 19.1 Å². The van der Waals surface area contributed by atoms with Crippen molar-refractivity contribution in [2.24, 2.45) is 0 Å². The second kappa shape index (κ2) is 7.19. The lowest BCUT2D eigenvalue weighted by atomic mass is 10.4. The van der Waals surface area contributed by atoms with Crippen LogP contribution in [0.1, 0.15) is 12.5 Å². The number of rotatable bonds is 6. The van der Waals surface area contributed by atoms with Crippen molar-refractivity contribution in [2.45, 2.75) is 20.0 Å². The normalized spacial score (nSPS) is 10.1. The Kier molecular flexibility index (Phi) is 5.81. The van der Waals surface area contributed by atoms with Crippen LogP contribution >= 0.6 is 12.2 Å². The molecule has 0 radical (unpaired) electrons. The van der Waals surface area contributed by atoms with Gasteiger partial charge in [0.05, 0.1) is 12.8 Å². The number of hydrogen-bond donors (Lipinski definition) is 2. The van der Waals surface area contributed by atoms with Crippen molar-refractivity contribution in [3.8, 4) is 0 Å². The first-order chi connectivity index (χ1) is 7.76. The van der Waals surface area contributed by atoms with E-state index < -0.39 is 0 Å². The van der Waals surface area contributed by atoms with E-state index in [4.69, 9.17) is 17.0 Å². The lowest BCUT2D eigenvalue weighted by Crippen LogP contribution is -2.36. The second-order valence-electron chi connectivity index (χ2n) is 3.31.